The zero-order valence-electron chi connectivity index (χ0n) is 20.4. The Morgan fingerprint density at radius 3 is 2.57 bits per heavy atom. The van der Waals surface area contributed by atoms with Gasteiger partial charge in [0.05, 0.1) is 16.5 Å². The normalized spacial score (nSPS) is 14.8. The highest BCUT2D eigenvalue weighted by molar-refractivity contribution is 8.03. The molecule has 0 amide bonds. The van der Waals surface area contributed by atoms with Crippen molar-refractivity contribution in [3.05, 3.63) is 68.1 Å². The van der Waals surface area contributed by atoms with Crippen molar-refractivity contribution < 1.29 is 28.0 Å². The first-order chi connectivity index (χ1) is 17.2. The zero-order chi connectivity index (χ0) is 25.9. The molecule has 1 aliphatic heterocycles. The molecular formula is C25H28Cl2N2O5S3. The van der Waals surface area contributed by atoms with Gasteiger partial charge < -0.3 is 10.4 Å². The molecule has 0 radical (unpaired) electrons. The van der Waals surface area contributed by atoms with Crippen LogP contribution < -0.4 is 14.5 Å². The van der Waals surface area contributed by atoms with Gasteiger partial charge in [-0.25, -0.2) is 0 Å². The Labute approximate surface area is 235 Å². The van der Waals surface area contributed by atoms with Crippen LogP contribution in [0.5, 0.6) is 0 Å². The third kappa shape index (κ3) is 7.41. The van der Waals surface area contributed by atoms with Crippen molar-refractivity contribution in [3.8, 4) is 0 Å². The average molecular weight is 604 g/mol. The number of halogens is 2. The van der Waals surface area contributed by atoms with E-state index in [1.54, 1.807) is 27.8 Å². The van der Waals surface area contributed by atoms with Gasteiger partial charge in [-0.15, -0.1) is 0 Å². The van der Waals surface area contributed by atoms with E-state index in [-0.39, 0.29) is 11.2 Å². The van der Waals surface area contributed by atoms with Gasteiger partial charge in [-0.1, -0.05) is 53.2 Å². The van der Waals surface area contributed by atoms with Crippen LogP contribution in [0.15, 0.2) is 58.0 Å². The van der Waals surface area contributed by atoms with Crippen LogP contribution in [0.1, 0.15) is 38.1 Å². The molecule has 1 aromatic heterocycles. The quantitative estimate of drug-likeness (QED) is 0.157. The Morgan fingerprint density at radius 2 is 1.86 bits per heavy atom. The predicted octanol–water partition coefficient (Wildman–Crippen LogP) is 6.68. The van der Waals surface area contributed by atoms with E-state index < -0.39 is 10.1 Å². The van der Waals surface area contributed by atoms with Crippen LogP contribution >= 0.6 is 46.3 Å². The van der Waals surface area contributed by atoms with Crippen molar-refractivity contribution in [1.82, 2.24) is 0 Å². The predicted molar refractivity (Wildman–Crippen MR) is 153 cm³/mol. The number of thiazole rings is 1. The largest absolute Gasteiger partial charge is 0.870 e. The van der Waals surface area contributed by atoms with Gasteiger partial charge >= 0.3 is 5.01 Å². The summed E-state index contributed by atoms with van der Waals surface area (Å²) in [6, 6.07) is 11.7. The fourth-order valence-electron chi connectivity index (χ4n) is 3.84. The molecule has 2 aromatic carbocycles. The summed E-state index contributed by atoms with van der Waals surface area (Å²) in [5.41, 5.74) is 3.11. The summed E-state index contributed by atoms with van der Waals surface area (Å²) >= 11 is 15.8. The third-order valence-corrected chi connectivity index (χ3v) is 9.05. The van der Waals surface area contributed by atoms with Crippen molar-refractivity contribution in [1.29, 1.82) is 0 Å². The standard InChI is InChI=1S/C25H26Cl2N2O4S3.H2O/c1-3-17(13-24-28(4-2)20-15-18(26)7-9-22(20)34-24)14-25-29(33-11-5-6-12-36(30,31)32)21-16-19(27)8-10-23(21)35-25;/h7-10,13-16H,3-6,11-12H2,1-2H3;1H2. The molecule has 0 unspecified atom stereocenters. The van der Waals surface area contributed by atoms with Gasteiger partial charge in [0, 0.05) is 38.4 Å². The van der Waals surface area contributed by atoms with Gasteiger partial charge in [-0.3, -0.25) is 9.39 Å². The monoisotopic (exact) mass is 602 g/mol. The molecule has 0 bridgehead atoms. The number of unbranched alkanes of at least 4 members (excludes halogenated alkanes) is 1. The number of benzene rings is 2. The second-order valence-electron chi connectivity index (χ2n) is 8.19. The van der Waals surface area contributed by atoms with Crippen molar-refractivity contribution >= 4 is 78.4 Å². The Balaban J connectivity index is 0.00000380. The lowest BCUT2D eigenvalue weighted by atomic mass is 10.2. The minimum Gasteiger partial charge on any atom is -0.870 e. The number of rotatable bonds is 10. The number of hydrogen-bond donors (Lipinski definition) is 1. The summed E-state index contributed by atoms with van der Waals surface area (Å²) in [4.78, 5) is 9.52. The second-order valence-corrected chi connectivity index (χ2v) is 12.8. The highest BCUT2D eigenvalue weighted by Gasteiger charge is 2.26. The second kappa shape index (κ2) is 12.8. The van der Waals surface area contributed by atoms with Gasteiger partial charge in [-0.05, 0) is 68.2 Å². The van der Waals surface area contributed by atoms with Crippen LogP contribution in [0.2, 0.25) is 10.0 Å². The Kier molecular flexibility index (Phi) is 10.3. The lowest BCUT2D eigenvalue weighted by Crippen LogP contribution is -2.44. The Hall–Kier alpha value is -1.79. The summed E-state index contributed by atoms with van der Waals surface area (Å²) in [7, 11) is -3.97. The van der Waals surface area contributed by atoms with Crippen LogP contribution in [-0.4, -0.2) is 37.4 Å². The van der Waals surface area contributed by atoms with Crippen LogP contribution in [0.25, 0.3) is 16.3 Å². The number of hydrogen-bond acceptors (Lipinski definition) is 7. The SMILES string of the molecule is CCC(=Cc1sc2ccc(Cl)cc2[n+]1OCCCCS(=O)(=O)O)C=C1Sc2ccc(Cl)cc2N1CC.[OH-]. The van der Waals surface area contributed by atoms with Crippen molar-refractivity contribution in [2.45, 2.75) is 38.0 Å². The van der Waals surface area contributed by atoms with E-state index in [1.165, 1.54) is 4.90 Å². The molecular weight excluding hydrogens is 575 g/mol. The molecule has 0 spiro atoms. The highest BCUT2D eigenvalue weighted by atomic mass is 35.5. The summed E-state index contributed by atoms with van der Waals surface area (Å²) in [6.45, 7) is 5.38. The maximum absolute atomic E-state index is 11.0. The van der Waals surface area contributed by atoms with E-state index >= 15 is 0 Å². The van der Waals surface area contributed by atoms with Gasteiger partial charge in [0.2, 0.25) is 0 Å². The van der Waals surface area contributed by atoms with Crippen molar-refractivity contribution in [3.63, 3.8) is 0 Å². The van der Waals surface area contributed by atoms with E-state index in [0.717, 1.165) is 49.5 Å². The lowest BCUT2D eigenvalue weighted by molar-refractivity contribution is -0.869. The van der Waals surface area contributed by atoms with Gasteiger partial charge in [0.15, 0.2) is 6.61 Å². The minimum absolute atomic E-state index is 0. The molecule has 2 N–H and O–H groups in total. The molecule has 0 aliphatic carbocycles. The van der Waals surface area contributed by atoms with E-state index in [2.05, 4.69) is 37.0 Å². The van der Waals surface area contributed by atoms with Crippen LogP contribution in [0.3, 0.4) is 0 Å². The zero-order valence-corrected chi connectivity index (χ0v) is 24.3. The first-order valence-electron chi connectivity index (χ1n) is 11.6. The molecule has 0 saturated carbocycles. The lowest BCUT2D eigenvalue weighted by Gasteiger charge is -2.18. The van der Waals surface area contributed by atoms with Crippen molar-refractivity contribution in [2.24, 2.45) is 0 Å². The number of anilines is 1. The first kappa shape index (κ1) is 29.8. The molecule has 200 valence electrons. The molecule has 4 rings (SSSR count). The Morgan fingerprint density at radius 1 is 1.14 bits per heavy atom. The fourth-order valence-corrected chi connectivity index (χ4v) is 6.98. The highest BCUT2D eigenvalue weighted by Crippen LogP contribution is 2.47. The van der Waals surface area contributed by atoms with Crippen molar-refractivity contribution in [2.75, 3.05) is 23.8 Å². The van der Waals surface area contributed by atoms with E-state index in [9.17, 15) is 8.42 Å². The molecule has 2 heterocycles. The maximum Gasteiger partial charge on any atom is 0.313 e. The molecule has 7 nitrogen and oxygen atoms in total. The number of aromatic nitrogens is 1. The van der Waals surface area contributed by atoms with E-state index in [4.69, 9.17) is 32.6 Å². The molecule has 0 fully saturated rings. The van der Waals surface area contributed by atoms with Gasteiger partial charge in [0.1, 0.15) is 4.70 Å². The number of nitrogens with zero attached hydrogens (tertiary/aromatic N) is 2. The smallest absolute Gasteiger partial charge is 0.313 e. The molecule has 12 heteroatoms. The maximum atomic E-state index is 11.0. The summed E-state index contributed by atoms with van der Waals surface area (Å²) < 4.78 is 33.7. The third-order valence-electron chi connectivity index (χ3n) is 5.61. The molecule has 0 saturated heterocycles. The first-order valence-corrected chi connectivity index (χ1v) is 15.6. The number of thioether (sulfide) groups is 1. The van der Waals surface area contributed by atoms with Crippen LogP contribution in [0, 0.1) is 0 Å². The number of allylic oxidation sites excluding steroid dienone is 2. The summed E-state index contributed by atoms with van der Waals surface area (Å²) in [6.07, 6.45) is 5.95. The van der Waals surface area contributed by atoms with E-state index in [1.807, 2.05) is 30.3 Å². The van der Waals surface area contributed by atoms with Gasteiger partial charge in [0.25, 0.3) is 15.6 Å². The molecule has 1 aliphatic rings. The Bertz CT molecular complexity index is 1440. The molecule has 3 aromatic rings. The average Bonchev–Trinajstić information content (AvgIpc) is 3.33. The summed E-state index contributed by atoms with van der Waals surface area (Å²) in [5, 5.41) is 3.38. The molecule has 0 atom stereocenters. The topological polar surface area (TPSA) is 101 Å². The van der Waals surface area contributed by atoms with Gasteiger partial charge in [-0.2, -0.15) is 8.42 Å². The molecule has 37 heavy (non-hydrogen) atoms. The van der Waals surface area contributed by atoms with Crippen LogP contribution in [-0.2, 0) is 10.1 Å². The van der Waals surface area contributed by atoms with Crippen LogP contribution in [0.4, 0.5) is 5.69 Å². The summed E-state index contributed by atoms with van der Waals surface area (Å²) in [5.74, 6) is -0.281. The van der Waals surface area contributed by atoms with E-state index in [0.29, 0.717) is 24.5 Å². The minimum atomic E-state index is -3.97. The fraction of sp³-hybridized carbons (Fsp3) is 0.320. The number of fused-ring (bicyclic) bond motifs is 2.